The Kier molecular flexibility index (Phi) is 4.96. The zero-order valence-corrected chi connectivity index (χ0v) is 13.4. The number of hydrogen-bond acceptors (Lipinski definition) is 3. The lowest BCUT2D eigenvalue weighted by atomic mass is 10.1. The number of aryl methyl sites for hydroxylation is 1. The van der Waals surface area contributed by atoms with Crippen molar-refractivity contribution in [1.82, 2.24) is 4.98 Å². The fourth-order valence-corrected chi connectivity index (χ4v) is 2.90. The number of carbonyl (C=O) groups is 1. The maximum absolute atomic E-state index is 11.3. The lowest BCUT2D eigenvalue weighted by molar-refractivity contribution is -0.113. The van der Waals surface area contributed by atoms with E-state index in [1.807, 2.05) is 24.3 Å². The highest BCUT2D eigenvalue weighted by Gasteiger charge is 2.13. The van der Waals surface area contributed by atoms with Gasteiger partial charge in [0.1, 0.15) is 5.88 Å². The number of aromatic nitrogens is 1. The van der Waals surface area contributed by atoms with Gasteiger partial charge in [0.25, 0.3) is 0 Å². The van der Waals surface area contributed by atoms with Gasteiger partial charge in [0, 0.05) is 14.9 Å². The van der Waals surface area contributed by atoms with Gasteiger partial charge in [-0.25, -0.2) is 4.98 Å². The quantitative estimate of drug-likeness (QED) is 0.826. The fraction of sp³-hybridized carbons (Fsp3) is 0.231. The monoisotopic (exact) mass is 358 g/mol. The molecule has 0 atom stereocenters. The Morgan fingerprint density at radius 2 is 2.11 bits per heavy atom. The molecule has 0 fully saturated rings. The molecule has 6 heteroatoms. The molecule has 0 bridgehead atoms. The van der Waals surface area contributed by atoms with Crippen LogP contribution >= 0.6 is 38.9 Å². The summed E-state index contributed by atoms with van der Waals surface area (Å²) in [6.45, 7) is 2.07. The van der Waals surface area contributed by atoms with Crippen LogP contribution in [0.3, 0.4) is 0 Å². The summed E-state index contributed by atoms with van der Waals surface area (Å²) in [5.41, 5.74) is 1.97. The SMILES string of the molecule is CCc1sc(NC(=O)CCl)nc1-c1ccc(Br)cc1. The third kappa shape index (κ3) is 3.55. The smallest absolute Gasteiger partial charge is 0.241 e. The molecule has 0 saturated carbocycles. The third-order valence-electron chi connectivity index (χ3n) is 2.50. The van der Waals surface area contributed by atoms with Crippen LogP contribution in [0.15, 0.2) is 28.7 Å². The average molecular weight is 360 g/mol. The zero-order chi connectivity index (χ0) is 13.8. The molecule has 1 aromatic heterocycles. The van der Waals surface area contributed by atoms with Gasteiger partial charge in [-0.05, 0) is 18.6 Å². The van der Waals surface area contributed by atoms with Crippen molar-refractivity contribution in [2.45, 2.75) is 13.3 Å². The molecule has 3 nitrogen and oxygen atoms in total. The molecular formula is C13H12BrClN2OS. The second-order valence-corrected chi connectivity index (χ2v) is 6.10. The molecule has 0 saturated heterocycles. The largest absolute Gasteiger partial charge is 0.301 e. The van der Waals surface area contributed by atoms with Crippen LogP contribution in [0.5, 0.6) is 0 Å². The lowest BCUT2D eigenvalue weighted by Gasteiger charge is -2.00. The molecule has 0 aliphatic rings. The van der Waals surface area contributed by atoms with Crippen molar-refractivity contribution < 1.29 is 4.79 Å². The normalized spacial score (nSPS) is 10.5. The number of thiazole rings is 1. The van der Waals surface area contributed by atoms with E-state index in [-0.39, 0.29) is 11.8 Å². The molecule has 0 radical (unpaired) electrons. The minimum atomic E-state index is -0.236. The van der Waals surface area contributed by atoms with Gasteiger partial charge in [-0.1, -0.05) is 35.0 Å². The molecule has 2 aromatic rings. The molecule has 0 aliphatic heterocycles. The summed E-state index contributed by atoms with van der Waals surface area (Å²) in [5, 5.41) is 3.29. The number of benzene rings is 1. The van der Waals surface area contributed by atoms with Gasteiger partial charge in [0.2, 0.25) is 5.91 Å². The number of carbonyl (C=O) groups excluding carboxylic acids is 1. The highest BCUT2D eigenvalue weighted by molar-refractivity contribution is 9.10. The van der Waals surface area contributed by atoms with Crippen molar-refractivity contribution >= 4 is 49.9 Å². The van der Waals surface area contributed by atoms with E-state index in [4.69, 9.17) is 11.6 Å². The van der Waals surface area contributed by atoms with Crippen molar-refractivity contribution in [3.8, 4) is 11.3 Å². The molecule has 1 heterocycles. The predicted molar refractivity (Wildman–Crippen MR) is 84.0 cm³/mol. The number of alkyl halides is 1. The summed E-state index contributed by atoms with van der Waals surface area (Å²) in [6.07, 6.45) is 0.875. The summed E-state index contributed by atoms with van der Waals surface area (Å²) < 4.78 is 1.03. The van der Waals surface area contributed by atoms with Crippen molar-refractivity contribution in [2.24, 2.45) is 0 Å². The van der Waals surface area contributed by atoms with Crippen LogP contribution in [0.25, 0.3) is 11.3 Å². The van der Waals surface area contributed by atoms with Crippen LogP contribution in [0, 0.1) is 0 Å². The Balaban J connectivity index is 2.34. The molecule has 1 N–H and O–H groups in total. The Morgan fingerprint density at radius 1 is 1.42 bits per heavy atom. The van der Waals surface area contributed by atoms with Crippen LogP contribution in [-0.4, -0.2) is 16.8 Å². The molecule has 19 heavy (non-hydrogen) atoms. The Bertz CT molecular complexity index is 583. The summed E-state index contributed by atoms with van der Waals surface area (Å²) in [5.74, 6) is -0.297. The molecule has 0 spiro atoms. The van der Waals surface area contributed by atoms with E-state index < -0.39 is 0 Å². The van der Waals surface area contributed by atoms with E-state index in [1.54, 1.807) is 0 Å². The predicted octanol–water partition coefficient (Wildman–Crippen LogP) is 4.31. The van der Waals surface area contributed by atoms with Gasteiger partial charge in [0.05, 0.1) is 5.69 Å². The summed E-state index contributed by atoms with van der Waals surface area (Å²) in [6, 6.07) is 7.97. The van der Waals surface area contributed by atoms with Gasteiger partial charge in [-0.2, -0.15) is 0 Å². The van der Waals surface area contributed by atoms with Gasteiger partial charge >= 0.3 is 0 Å². The number of nitrogens with one attached hydrogen (secondary N) is 1. The Hall–Kier alpha value is -0.910. The van der Waals surface area contributed by atoms with Crippen LogP contribution in [0.1, 0.15) is 11.8 Å². The summed E-state index contributed by atoms with van der Waals surface area (Å²) >= 11 is 10.4. The first kappa shape index (κ1) is 14.5. The summed E-state index contributed by atoms with van der Waals surface area (Å²) in [7, 11) is 0. The van der Waals surface area contributed by atoms with Gasteiger partial charge in [0.15, 0.2) is 5.13 Å². The fourth-order valence-electron chi connectivity index (χ4n) is 1.63. The number of amides is 1. The Morgan fingerprint density at radius 3 is 2.68 bits per heavy atom. The lowest BCUT2D eigenvalue weighted by Crippen LogP contribution is -2.12. The Labute approximate surface area is 129 Å². The maximum atomic E-state index is 11.3. The zero-order valence-electron chi connectivity index (χ0n) is 10.2. The third-order valence-corrected chi connectivity index (χ3v) is 4.39. The maximum Gasteiger partial charge on any atom is 0.241 e. The molecule has 2 rings (SSSR count). The molecule has 1 aromatic carbocycles. The first-order valence-corrected chi connectivity index (χ1v) is 7.90. The van der Waals surface area contributed by atoms with Crippen LogP contribution in [-0.2, 0) is 11.2 Å². The molecular weight excluding hydrogens is 348 g/mol. The average Bonchev–Trinajstić information content (AvgIpc) is 2.82. The number of nitrogens with zero attached hydrogens (tertiary/aromatic N) is 1. The van der Waals surface area contributed by atoms with Gasteiger partial charge in [-0.3, -0.25) is 4.79 Å². The van der Waals surface area contributed by atoms with Crippen LogP contribution in [0.2, 0.25) is 0 Å². The summed E-state index contributed by atoms with van der Waals surface area (Å²) in [4.78, 5) is 16.9. The first-order chi connectivity index (χ1) is 9.13. The number of rotatable bonds is 4. The van der Waals surface area contributed by atoms with Crippen LogP contribution in [0.4, 0.5) is 5.13 Å². The van der Waals surface area contributed by atoms with Crippen molar-refractivity contribution in [1.29, 1.82) is 0 Å². The highest BCUT2D eigenvalue weighted by Crippen LogP contribution is 2.32. The molecule has 0 aliphatic carbocycles. The van der Waals surface area contributed by atoms with Gasteiger partial charge in [-0.15, -0.1) is 22.9 Å². The first-order valence-electron chi connectivity index (χ1n) is 5.75. The van der Waals surface area contributed by atoms with E-state index >= 15 is 0 Å². The van der Waals surface area contributed by atoms with E-state index in [0.29, 0.717) is 5.13 Å². The topological polar surface area (TPSA) is 42.0 Å². The second-order valence-electron chi connectivity index (χ2n) is 3.83. The number of anilines is 1. The van der Waals surface area contributed by atoms with E-state index in [2.05, 4.69) is 33.2 Å². The van der Waals surface area contributed by atoms with E-state index in [9.17, 15) is 4.79 Å². The number of hydrogen-bond donors (Lipinski definition) is 1. The van der Waals surface area contributed by atoms with Crippen molar-refractivity contribution in [3.05, 3.63) is 33.6 Å². The van der Waals surface area contributed by atoms with Crippen molar-refractivity contribution in [2.75, 3.05) is 11.2 Å². The van der Waals surface area contributed by atoms with E-state index in [1.165, 1.54) is 11.3 Å². The highest BCUT2D eigenvalue weighted by atomic mass is 79.9. The molecule has 0 unspecified atom stereocenters. The minimum absolute atomic E-state index is 0.0609. The van der Waals surface area contributed by atoms with Gasteiger partial charge < -0.3 is 5.32 Å². The second kappa shape index (κ2) is 6.50. The van der Waals surface area contributed by atoms with Crippen LogP contribution < -0.4 is 5.32 Å². The molecule has 100 valence electrons. The standard InChI is InChI=1S/C13H12BrClN2OS/c1-2-10-12(8-3-5-9(14)6-4-8)17-13(19-10)16-11(18)7-15/h3-6H,2,7H2,1H3,(H,16,17,18). The van der Waals surface area contributed by atoms with Crippen molar-refractivity contribution in [3.63, 3.8) is 0 Å². The van der Waals surface area contributed by atoms with E-state index in [0.717, 1.165) is 27.0 Å². The minimum Gasteiger partial charge on any atom is -0.301 e. The molecule has 1 amide bonds. The number of halogens is 2.